The molecule has 21 heavy (non-hydrogen) atoms. The van der Waals surface area contributed by atoms with Crippen molar-refractivity contribution in [3.8, 4) is 0 Å². The van der Waals surface area contributed by atoms with Gasteiger partial charge in [0.25, 0.3) is 5.69 Å². The van der Waals surface area contributed by atoms with Gasteiger partial charge in [0.15, 0.2) is 6.29 Å². The van der Waals surface area contributed by atoms with Crippen molar-refractivity contribution in [2.75, 3.05) is 31.2 Å². The SMILES string of the molecule is O=[N+]([O-])c1ccc(N2CCC[C@H](C3OCCO3)C2)c(Cl)c1. The van der Waals surface area contributed by atoms with Gasteiger partial charge in [-0.25, -0.2) is 0 Å². The molecule has 6 nitrogen and oxygen atoms in total. The fourth-order valence-electron chi connectivity index (χ4n) is 2.97. The lowest BCUT2D eigenvalue weighted by atomic mass is 9.97. The second kappa shape index (κ2) is 6.17. The Labute approximate surface area is 127 Å². The number of nitrogens with zero attached hydrogens (tertiary/aromatic N) is 2. The predicted octanol–water partition coefficient (Wildman–Crippen LogP) is 2.84. The second-order valence-corrected chi connectivity index (χ2v) is 5.76. The van der Waals surface area contributed by atoms with Crippen LogP contribution in [0.5, 0.6) is 0 Å². The monoisotopic (exact) mass is 312 g/mol. The number of ether oxygens (including phenoxy) is 2. The van der Waals surface area contributed by atoms with Crippen LogP contribution in [0.3, 0.4) is 0 Å². The number of rotatable bonds is 3. The molecule has 0 aromatic heterocycles. The molecular formula is C14H17ClN2O4. The Kier molecular flexibility index (Phi) is 4.28. The predicted molar refractivity (Wildman–Crippen MR) is 78.7 cm³/mol. The highest BCUT2D eigenvalue weighted by Gasteiger charge is 2.31. The van der Waals surface area contributed by atoms with Gasteiger partial charge in [0.05, 0.1) is 28.8 Å². The molecule has 2 saturated heterocycles. The molecule has 114 valence electrons. The van der Waals surface area contributed by atoms with E-state index < -0.39 is 4.92 Å². The highest BCUT2D eigenvalue weighted by molar-refractivity contribution is 6.33. The van der Waals surface area contributed by atoms with Gasteiger partial charge >= 0.3 is 0 Å². The minimum Gasteiger partial charge on any atom is -0.370 e. The van der Waals surface area contributed by atoms with Gasteiger partial charge in [-0.3, -0.25) is 10.1 Å². The molecule has 2 heterocycles. The molecule has 0 unspecified atom stereocenters. The molecule has 2 aliphatic heterocycles. The summed E-state index contributed by atoms with van der Waals surface area (Å²) in [5.41, 5.74) is 0.852. The molecule has 0 saturated carbocycles. The molecule has 1 aromatic rings. The smallest absolute Gasteiger partial charge is 0.271 e. The molecule has 0 radical (unpaired) electrons. The van der Waals surface area contributed by atoms with Crippen molar-refractivity contribution in [2.45, 2.75) is 19.1 Å². The van der Waals surface area contributed by atoms with Crippen LogP contribution in [0.25, 0.3) is 0 Å². The molecule has 0 aliphatic carbocycles. The second-order valence-electron chi connectivity index (χ2n) is 5.35. The maximum Gasteiger partial charge on any atom is 0.271 e. The quantitative estimate of drug-likeness (QED) is 0.634. The molecule has 0 spiro atoms. The first kappa shape index (κ1) is 14.6. The topological polar surface area (TPSA) is 64.8 Å². The molecule has 7 heteroatoms. The number of nitro benzene ring substituents is 1. The van der Waals surface area contributed by atoms with Crippen molar-refractivity contribution < 1.29 is 14.4 Å². The molecule has 0 amide bonds. The van der Waals surface area contributed by atoms with E-state index in [1.807, 2.05) is 0 Å². The zero-order chi connectivity index (χ0) is 14.8. The number of halogens is 1. The number of non-ortho nitro benzene ring substituents is 1. The number of hydrogen-bond donors (Lipinski definition) is 0. The summed E-state index contributed by atoms with van der Waals surface area (Å²) >= 11 is 6.21. The standard InChI is InChI=1S/C14H17ClN2O4/c15-12-8-11(17(18)19)3-4-13(12)16-5-1-2-10(9-16)14-20-6-7-21-14/h3-4,8,10,14H,1-2,5-7,9H2/t10-/m0/s1. The number of anilines is 1. The Morgan fingerprint density at radius 2 is 2.10 bits per heavy atom. The summed E-state index contributed by atoms with van der Waals surface area (Å²) in [5.74, 6) is 0.313. The summed E-state index contributed by atoms with van der Waals surface area (Å²) in [7, 11) is 0. The molecule has 0 bridgehead atoms. The van der Waals surface area contributed by atoms with Crippen LogP contribution >= 0.6 is 11.6 Å². The van der Waals surface area contributed by atoms with Crippen molar-refractivity contribution in [3.63, 3.8) is 0 Å². The van der Waals surface area contributed by atoms with Gasteiger partial charge in [-0.2, -0.15) is 0 Å². The largest absolute Gasteiger partial charge is 0.370 e. The Morgan fingerprint density at radius 3 is 2.76 bits per heavy atom. The lowest BCUT2D eigenvalue weighted by Gasteiger charge is -2.36. The van der Waals surface area contributed by atoms with E-state index in [-0.39, 0.29) is 12.0 Å². The Hall–Kier alpha value is -1.37. The van der Waals surface area contributed by atoms with E-state index in [9.17, 15) is 10.1 Å². The number of benzene rings is 1. The van der Waals surface area contributed by atoms with E-state index in [0.29, 0.717) is 24.2 Å². The molecule has 0 N–H and O–H groups in total. The minimum atomic E-state index is -0.436. The summed E-state index contributed by atoms with van der Waals surface area (Å²) < 4.78 is 11.2. The Morgan fingerprint density at radius 1 is 1.33 bits per heavy atom. The van der Waals surface area contributed by atoms with E-state index in [2.05, 4.69) is 4.90 Å². The first-order valence-electron chi connectivity index (χ1n) is 7.07. The number of nitro groups is 1. The maximum atomic E-state index is 10.8. The Bertz CT molecular complexity index is 534. The summed E-state index contributed by atoms with van der Waals surface area (Å²) in [4.78, 5) is 12.5. The number of hydrogen-bond acceptors (Lipinski definition) is 5. The van der Waals surface area contributed by atoms with Crippen LogP contribution < -0.4 is 4.90 Å². The minimum absolute atomic E-state index is 0.0137. The lowest BCUT2D eigenvalue weighted by molar-refractivity contribution is -0.384. The summed E-state index contributed by atoms with van der Waals surface area (Å²) in [6, 6.07) is 4.62. The molecule has 1 atom stereocenters. The fourth-order valence-corrected chi connectivity index (χ4v) is 3.26. The third kappa shape index (κ3) is 3.12. The van der Waals surface area contributed by atoms with Crippen LogP contribution in [0.2, 0.25) is 5.02 Å². The van der Waals surface area contributed by atoms with Crippen LogP contribution in [0.4, 0.5) is 11.4 Å². The van der Waals surface area contributed by atoms with Crippen LogP contribution in [-0.2, 0) is 9.47 Å². The first-order valence-corrected chi connectivity index (χ1v) is 7.45. The van der Waals surface area contributed by atoms with Gasteiger partial charge < -0.3 is 14.4 Å². The third-order valence-electron chi connectivity index (χ3n) is 3.97. The van der Waals surface area contributed by atoms with E-state index in [4.69, 9.17) is 21.1 Å². The van der Waals surface area contributed by atoms with Crippen molar-refractivity contribution in [3.05, 3.63) is 33.3 Å². The zero-order valence-corrected chi connectivity index (χ0v) is 12.3. The molecular weight excluding hydrogens is 296 g/mol. The summed E-state index contributed by atoms with van der Waals surface area (Å²) in [6.07, 6.45) is 1.96. The molecule has 2 fully saturated rings. The third-order valence-corrected chi connectivity index (χ3v) is 4.28. The first-order chi connectivity index (χ1) is 10.1. The van der Waals surface area contributed by atoms with Gasteiger partial charge in [-0.05, 0) is 18.9 Å². The maximum absolute atomic E-state index is 10.8. The van der Waals surface area contributed by atoms with Gasteiger partial charge in [0, 0.05) is 31.1 Å². The fraction of sp³-hybridized carbons (Fsp3) is 0.571. The van der Waals surface area contributed by atoms with Crippen LogP contribution in [-0.4, -0.2) is 37.5 Å². The van der Waals surface area contributed by atoms with Crippen LogP contribution in [0.1, 0.15) is 12.8 Å². The lowest BCUT2D eigenvalue weighted by Crippen LogP contribution is -2.40. The van der Waals surface area contributed by atoms with E-state index in [1.165, 1.54) is 12.1 Å². The van der Waals surface area contributed by atoms with E-state index in [0.717, 1.165) is 31.6 Å². The van der Waals surface area contributed by atoms with Crippen LogP contribution in [0.15, 0.2) is 18.2 Å². The average molecular weight is 313 g/mol. The van der Waals surface area contributed by atoms with Gasteiger partial charge in [0.2, 0.25) is 0 Å². The van der Waals surface area contributed by atoms with Gasteiger partial charge in [-0.1, -0.05) is 11.6 Å². The van der Waals surface area contributed by atoms with Gasteiger partial charge in [-0.15, -0.1) is 0 Å². The highest BCUT2D eigenvalue weighted by atomic mass is 35.5. The molecule has 2 aliphatic rings. The van der Waals surface area contributed by atoms with Crippen LogP contribution in [0, 0.1) is 16.0 Å². The summed E-state index contributed by atoms with van der Waals surface area (Å²) in [6.45, 7) is 2.99. The van der Waals surface area contributed by atoms with Gasteiger partial charge in [0.1, 0.15) is 0 Å². The van der Waals surface area contributed by atoms with E-state index >= 15 is 0 Å². The summed E-state index contributed by atoms with van der Waals surface area (Å²) in [5, 5.41) is 11.2. The number of piperidine rings is 1. The molecule has 1 aromatic carbocycles. The van der Waals surface area contributed by atoms with E-state index in [1.54, 1.807) is 6.07 Å². The van der Waals surface area contributed by atoms with Crippen molar-refractivity contribution in [2.24, 2.45) is 5.92 Å². The normalized spacial score (nSPS) is 23.5. The zero-order valence-electron chi connectivity index (χ0n) is 11.5. The highest BCUT2D eigenvalue weighted by Crippen LogP contribution is 2.34. The molecule has 3 rings (SSSR count). The van der Waals surface area contributed by atoms with Crippen molar-refractivity contribution >= 4 is 23.0 Å². The van der Waals surface area contributed by atoms with Crippen molar-refractivity contribution in [1.29, 1.82) is 0 Å². The Balaban J connectivity index is 1.75. The average Bonchev–Trinajstić information content (AvgIpc) is 3.01. The van der Waals surface area contributed by atoms with Crippen molar-refractivity contribution in [1.82, 2.24) is 0 Å².